The minimum absolute atomic E-state index is 0.117. The zero-order valence-corrected chi connectivity index (χ0v) is 10.6. The van der Waals surface area contributed by atoms with Crippen LogP contribution >= 0.6 is 0 Å². The number of hydrogen-bond acceptors (Lipinski definition) is 5. The highest BCUT2D eigenvalue weighted by Crippen LogP contribution is 2.19. The molecule has 8 nitrogen and oxygen atoms in total. The normalized spacial score (nSPS) is 11.2. The Kier molecular flexibility index (Phi) is 4.46. The molecule has 19 heavy (non-hydrogen) atoms. The summed E-state index contributed by atoms with van der Waals surface area (Å²) in [4.78, 5) is 20.9. The number of hydrogen-bond donors (Lipinski definition) is 4. The molecule has 1 aromatic rings. The fourth-order valence-electron chi connectivity index (χ4n) is 1.31. The van der Waals surface area contributed by atoms with Crippen LogP contribution in [-0.4, -0.2) is 31.9 Å². The number of aromatic carboxylic acids is 1. The molecule has 0 saturated carbocycles. The molecular formula is C10H13N3O5S. The third-order valence-electron chi connectivity index (χ3n) is 2.21. The Hall–Kier alpha value is -2.13. The lowest BCUT2D eigenvalue weighted by atomic mass is 10.2. The van der Waals surface area contributed by atoms with Crippen LogP contribution in [0.15, 0.2) is 23.1 Å². The molecule has 0 atom stereocenters. The van der Waals surface area contributed by atoms with Crippen molar-refractivity contribution in [2.24, 2.45) is 5.73 Å². The van der Waals surface area contributed by atoms with Gasteiger partial charge in [0.25, 0.3) is 0 Å². The molecule has 0 aliphatic carbocycles. The van der Waals surface area contributed by atoms with Crippen LogP contribution in [0.3, 0.4) is 0 Å². The summed E-state index contributed by atoms with van der Waals surface area (Å²) in [6.45, 7) is -0.155. The Labute approximate surface area is 109 Å². The van der Waals surface area contributed by atoms with E-state index in [9.17, 15) is 18.0 Å². The van der Waals surface area contributed by atoms with E-state index in [1.807, 2.05) is 0 Å². The molecule has 1 amide bonds. The van der Waals surface area contributed by atoms with E-state index in [0.29, 0.717) is 0 Å². The van der Waals surface area contributed by atoms with Gasteiger partial charge in [-0.3, -0.25) is 4.79 Å². The maximum absolute atomic E-state index is 11.8. The fourth-order valence-corrected chi connectivity index (χ4v) is 2.46. The molecule has 0 unspecified atom stereocenters. The number of anilines is 1. The number of carboxylic acids is 1. The molecule has 9 heteroatoms. The van der Waals surface area contributed by atoms with Crippen molar-refractivity contribution in [3.05, 3.63) is 23.8 Å². The zero-order valence-electron chi connectivity index (χ0n) is 9.79. The second-order valence-electron chi connectivity index (χ2n) is 3.67. The third-order valence-corrected chi connectivity index (χ3v) is 3.74. The quantitative estimate of drug-likeness (QED) is 0.498. The van der Waals surface area contributed by atoms with E-state index in [1.165, 1.54) is 0 Å². The van der Waals surface area contributed by atoms with Gasteiger partial charge in [0.1, 0.15) is 4.90 Å². The molecule has 0 fully saturated rings. The highest BCUT2D eigenvalue weighted by Gasteiger charge is 2.18. The molecule has 1 rings (SSSR count). The van der Waals surface area contributed by atoms with Gasteiger partial charge in [0.15, 0.2) is 0 Å². The largest absolute Gasteiger partial charge is 0.478 e. The second-order valence-corrected chi connectivity index (χ2v) is 5.41. The van der Waals surface area contributed by atoms with E-state index >= 15 is 0 Å². The summed E-state index contributed by atoms with van der Waals surface area (Å²) >= 11 is 0. The Morgan fingerprint density at radius 2 is 1.95 bits per heavy atom. The SMILES string of the molecule is NC(=O)CCNS(=O)(=O)c1ccc(C(=O)O)cc1N. The van der Waals surface area contributed by atoms with Crippen LogP contribution in [0.2, 0.25) is 0 Å². The van der Waals surface area contributed by atoms with Crippen LogP contribution in [0.5, 0.6) is 0 Å². The van der Waals surface area contributed by atoms with Crippen LogP contribution in [0.25, 0.3) is 0 Å². The summed E-state index contributed by atoms with van der Waals surface area (Å²) < 4.78 is 25.8. The Morgan fingerprint density at radius 1 is 1.32 bits per heavy atom. The highest BCUT2D eigenvalue weighted by molar-refractivity contribution is 7.89. The number of carbonyl (C=O) groups excluding carboxylic acids is 1. The number of nitrogens with two attached hydrogens (primary N) is 2. The van der Waals surface area contributed by atoms with E-state index in [0.717, 1.165) is 18.2 Å². The summed E-state index contributed by atoms with van der Waals surface area (Å²) in [5.74, 6) is -1.85. The van der Waals surface area contributed by atoms with Crippen molar-refractivity contribution in [2.45, 2.75) is 11.3 Å². The van der Waals surface area contributed by atoms with Crippen molar-refractivity contribution in [1.29, 1.82) is 0 Å². The predicted octanol–water partition coefficient (Wildman–Crippen LogP) is -0.879. The summed E-state index contributed by atoms with van der Waals surface area (Å²) in [5, 5.41) is 8.73. The van der Waals surface area contributed by atoms with E-state index in [4.69, 9.17) is 16.6 Å². The smallest absolute Gasteiger partial charge is 0.335 e. The summed E-state index contributed by atoms with van der Waals surface area (Å²) in [5.41, 5.74) is 10.1. The molecule has 0 heterocycles. The predicted molar refractivity (Wildman–Crippen MR) is 66.8 cm³/mol. The van der Waals surface area contributed by atoms with Crippen molar-refractivity contribution >= 4 is 27.6 Å². The first-order valence-electron chi connectivity index (χ1n) is 5.15. The number of benzene rings is 1. The van der Waals surface area contributed by atoms with Crippen LogP contribution < -0.4 is 16.2 Å². The monoisotopic (exact) mass is 287 g/mol. The Balaban J connectivity index is 2.96. The number of nitrogens with one attached hydrogen (secondary N) is 1. The van der Waals surface area contributed by atoms with E-state index in [-0.39, 0.29) is 29.1 Å². The highest BCUT2D eigenvalue weighted by atomic mass is 32.2. The third kappa shape index (κ3) is 3.93. The zero-order chi connectivity index (χ0) is 14.6. The lowest BCUT2D eigenvalue weighted by molar-refractivity contribution is -0.117. The molecule has 0 saturated heterocycles. The van der Waals surface area contributed by atoms with E-state index in [2.05, 4.69) is 4.72 Å². The molecule has 0 bridgehead atoms. The molecular weight excluding hydrogens is 274 g/mol. The van der Waals surface area contributed by atoms with Crippen molar-refractivity contribution in [3.8, 4) is 0 Å². The lowest BCUT2D eigenvalue weighted by Crippen LogP contribution is -2.28. The van der Waals surface area contributed by atoms with Gasteiger partial charge in [-0.1, -0.05) is 0 Å². The van der Waals surface area contributed by atoms with Gasteiger partial charge in [-0.25, -0.2) is 17.9 Å². The average Bonchev–Trinajstić information content (AvgIpc) is 2.27. The number of carbonyl (C=O) groups is 2. The molecule has 0 aliphatic heterocycles. The Bertz CT molecular complexity index is 612. The number of primary amides is 1. The summed E-state index contributed by atoms with van der Waals surface area (Å²) in [7, 11) is -3.90. The average molecular weight is 287 g/mol. The first kappa shape index (κ1) is 14.9. The van der Waals surface area contributed by atoms with Crippen molar-refractivity contribution in [1.82, 2.24) is 4.72 Å². The lowest BCUT2D eigenvalue weighted by Gasteiger charge is -2.09. The molecule has 0 spiro atoms. The molecule has 0 aromatic heterocycles. The van der Waals surface area contributed by atoms with Crippen molar-refractivity contribution < 1.29 is 23.1 Å². The topological polar surface area (TPSA) is 153 Å². The molecule has 0 aliphatic rings. The number of amides is 1. The van der Waals surface area contributed by atoms with Gasteiger partial charge >= 0.3 is 5.97 Å². The van der Waals surface area contributed by atoms with Crippen LogP contribution in [0.4, 0.5) is 5.69 Å². The van der Waals surface area contributed by atoms with Crippen LogP contribution in [-0.2, 0) is 14.8 Å². The first-order valence-corrected chi connectivity index (χ1v) is 6.63. The van der Waals surface area contributed by atoms with Gasteiger partial charge in [0.2, 0.25) is 15.9 Å². The van der Waals surface area contributed by atoms with Gasteiger partial charge in [0, 0.05) is 13.0 Å². The first-order chi connectivity index (χ1) is 8.74. The van der Waals surface area contributed by atoms with E-state index in [1.54, 1.807) is 0 Å². The minimum atomic E-state index is -3.90. The summed E-state index contributed by atoms with van der Waals surface area (Å²) in [6, 6.07) is 3.26. The molecule has 6 N–H and O–H groups in total. The van der Waals surface area contributed by atoms with Crippen molar-refractivity contribution in [3.63, 3.8) is 0 Å². The molecule has 1 aromatic carbocycles. The minimum Gasteiger partial charge on any atom is -0.478 e. The van der Waals surface area contributed by atoms with Gasteiger partial charge in [-0.05, 0) is 18.2 Å². The number of nitrogen functional groups attached to an aromatic ring is 1. The fraction of sp³-hybridized carbons (Fsp3) is 0.200. The molecule has 104 valence electrons. The molecule has 0 radical (unpaired) electrons. The van der Waals surface area contributed by atoms with Gasteiger partial charge in [-0.2, -0.15) is 0 Å². The van der Waals surface area contributed by atoms with Crippen LogP contribution in [0, 0.1) is 0 Å². The Morgan fingerprint density at radius 3 is 2.42 bits per heavy atom. The number of carboxylic acid groups (broad SMARTS) is 1. The number of sulfonamides is 1. The standard InChI is InChI=1S/C10H13N3O5S/c11-7-5-6(10(15)16)1-2-8(7)19(17,18)13-4-3-9(12)14/h1-2,5,13H,3-4,11H2,(H2,12,14)(H,15,16). The maximum Gasteiger partial charge on any atom is 0.335 e. The van der Waals surface area contributed by atoms with Gasteiger partial charge < -0.3 is 16.6 Å². The van der Waals surface area contributed by atoms with Gasteiger partial charge in [-0.15, -0.1) is 0 Å². The van der Waals surface area contributed by atoms with Gasteiger partial charge in [0.05, 0.1) is 11.3 Å². The second kappa shape index (κ2) is 5.67. The maximum atomic E-state index is 11.8. The number of rotatable bonds is 6. The van der Waals surface area contributed by atoms with Crippen molar-refractivity contribution in [2.75, 3.05) is 12.3 Å². The van der Waals surface area contributed by atoms with E-state index < -0.39 is 21.9 Å². The summed E-state index contributed by atoms with van der Waals surface area (Å²) in [6.07, 6.45) is -0.146. The van der Waals surface area contributed by atoms with Crippen LogP contribution in [0.1, 0.15) is 16.8 Å².